The Morgan fingerprint density at radius 2 is 2.17 bits per heavy atom. The predicted molar refractivity (Wildman–Crippen MR) is 70.6 cm³/mol. The largest absolute Gasteiger partial charge is 0.384 e. The number of rotatable bonds is 4. The minimum absolute atomic E-state index is 0.0398. The zero-order chi connectivity index (χ0) is 13.1. The molecule has 6 heteroatoms. The monoisotopic (exact) mass is 250 g/mol. The molecule has 18 heavy (non-hydrogen) atoms. The molecule has 1 aliphatic carbocycles. The molecule has 6 nitrogen and oxygen atoms in total. The van der Waals surface area contributed by atoms with E-state index in [2.05, 4.69) is 4.98 Å². The Hall–Kier alpha value is -1.85. The molecular formula is C12H18N4O2. The standard InChI is InChI=1S/C12H18N4O2/c1-2-15(9-5-3-4-6-9)12-10(16(17)18)7-8-11(13)14-12/h7-9H,2-6H2,1H3,(H2,13,14). The molecule has 0 amide bonds. The third kappa shape index (κ3) is 2.37. The number of pyridine rings is 1. The molecule has 0 saturated heterocycles. The van der Waals surface area contributed by atoms with Gasteiger partial charge in [-0.15, -0.1) is 0 Å². The van der Waals surface area contributed by atoms with Crippen LogP contribution in [0.4, 0.5) is 17.3 Å². The highest BCUT2D eigenvalue weighted by Gasteiger charge is 2.28. The van der Waals surface area contributed by atoms with Crippen LogP contribution in [-0.4, -0.2) is 22.5 Å². The Morgan fingerprint density at radius 1 is 1.50 bits per heavy atom. The smallest absolute Gasteiger partial charge is 0.311 e. The van der Waals surface area contributed by atoms with Crippen LogP contribution >= 0.6 is 0 Å². The number of hydrogen-bond donors (Lipinski definition) is 1. The molecule has 1 aromatic heterocycles. The Morgan fingerprint density at radius 3 is 2.72 bits per heavy atom. The predicted octanol–water partition coefficient (Wildman–Crippen LogP) is 2.34. The third-order valence-corrected chi connectivity index (χ3v) is 3.45. The van der Waals surface area contributed by atoms with E-state index in [1.807, 2.05) is 11.8 Å². The lowest BCUT2D eigenvalue weighted by atomic mass is 10.2. The minimum Gasteiger partial charge on any atom is -0.384 e. The van der Waals surface area contributed by atoms with Gasteiger partial charge >= 0.3 is 5.69 Å². The number of anilines is 2. The van der Waals surface area contributed by atoms with Gasteiger partial charge in [0.05, 0.1) is 4.92 Å². The van der Waals surface area contributed by atoms with Crippen LogP contribution in [0.3, 0.4) is 0 Å². The first-order chi connectivity index (χ1) is 8.63. The number of hydrogen-bond acceptors (Lipinski definition) is 5. The van der Waals surface area contributed by atoms with Gasteiger partial charge in [0.25, 0.3) is 0 Å². The molecule has 0 spiro atoms. The number of nitrogen functional groups attached to an aromatic ring is 1. The maximum Gasteiger partial charge on any atom is 0.311 e. The van der Waals surface area contributed by atoms with Crippen LogP contribution in [-0.2, 0) is 0 Å². The molecule has 0 bridgehead atoms. The highest BCUT2D eigenvalue weighted by molar-refractivity contribution is 5.61. The zero-order valence-corrected chi connectivity index (χ0v) is 10.5. The summed E-state index contributed by atoms with van der Waals surface area (Å²) < 4.78 is 0. The van der Waals surface area contributed by atoms with E-state index in [1.165, 1.54) is 25.0 Å². The number of aromatic nitrogens is 1. The summed E-state index contributed by atoms with van der Waals surface area (Å²) in [5.74, 6) is 0.737. The van der Waals surface area contributed by atoms with Gasteiger partial charge < -0.3 is 10.6 Å². The molecule has 98 valence electrons. The summed E-state index contributed by atoms with van der Waals surface area (Å²) >= 11 is 0. The van der Waals surface area contributed by atoms with Crippen molar-refractivity contribution in [2.45, 2.75) is 38.6 Å². The zero-order valence-electron chi connectivity index (χ0n) is 10.5. The van der Waals surface area contributed by atoms with Gasteiger partial charge in [0, 0.05) is 18.7 Å². The first-order valence-electron chi connectivity index (χ1n) is 6.31. The summed E-state index contributed by atoms with van der Waals surface area (Å²) in [6, 6.07) is 3.27. The van der Waals surface area contributed by atoms with Crippen molar-refractivity contribution in [3.63, 3.8) is 0 Å². The molecule has 1 fully saturated rings. The molecule has 1 aliphatic rings. The van der Waals surface area contributed by atoms with Gasteiger partial charge in [0.2, 0.25) is 5.82 Å². The van der Waals surface area contributed by atoms with Gasteiger partial charge in [-0.05, 0) is 25.8 Å². The molecule has 0 radical (unpaired) electrons. The van der Waals surface area contributed by atoms with E-state index in [1.54, 1.807) is 0 Å². The lowest BCUT2D eigenvalue weighted by Crippen LogP contribution is -2.34. The maximum atomic E-state index is 11.1. The van der Waals surface area contributed by atoms with Crippen molar-refractivity contribution in [3.05, 3.63) is 22.2 Å². The summed E-state index contributed by atoms with van der Waals surface area (Å²) in [6.07, 6.45) is 4.50. The highest BCUT2D eigenvalue weighted by atomic mass is 16.6. The Bertz CT molecular complexity index is 444. The Kier molecular flexibility index (Phi) is 3.64. The lowest BCUT2D eigenvalue weighted by Gasteiger charge is -2.28. The van der Waals surface area contributed by atoms with Gasteiger partial charge in [-0.2, -0.15) is 0 Å². The molecule has 1 heterocycles. The quantitative estimate of drug-likeness (QED) is 0.654. The molecule has 0 unspecified atom stereocenters. The van der Waals surface area contributed by atoms with E-state index in [-0.39, 0.29) is 10.6 Å². The number of nitro groups is 1. The van der Waals surface area contributed by atoms with Crippen molar-refractivity contribution in [3.8, 4) is 0 Å². The first-order valence-corrected chi connectivity index (χ1v) is 6.31. The van der Waals surface area contributed by atoms with Crippen molar-refractivity contribution in [2.24, 2.45) is 0 Å². The Balaban J connectivity index is 2.39. The van der Waals surface area contributed by atoms with Gasteiger partial charge in [-0.3, -0.25) is 10.1 Å². The summed E-state index contributed by atoms with van der Waals surface area (Å²) in [5.41, 5.74) is 5.70. The normalized spacial score (nSPS) is 15.8. The summed E-state index contributed by atoms with van der Waals surface area (Å²) in [5, 5.41) is 11.1. The SMILES string of the molecule is CCN(c1nc(N)ccc1[N+](=O)[O-])C1CCCC1. The first kappa shape index (κ1) is 12.6. The van der Waals surface area contributed by atoms with Crippen LogP contribution in [0.5, 0.6) is 0 Å². The van der Waals surface area contributed by atoms with Crippen LogP contribution < -0.4 is 10.6 Å². The van der Waals surface area contributed by atoms with Gasteiger partial charge in [-0.1, -0.05) is 12.8 Å². The Labute approximate surface area is 106 Å². The molecule has 0 aromatic carbocycles. The van der Waals surface area contributed by atoms with E-state index in [4.69, 9.17) is 5.73 Å². The average Bonchev–Trinajstić information content (AvgIpc) is 2.83. The van der Waals surface area contributed by atoms with Crippen LogP contribution in [0.15, 0.2) is 12.1 Å². The van der Waals surface area contributed by atoms with Crippen molar-refractivity contribution < 1.29 is 4.92 Å². The number of nitrogens with zero attached hydrogens (tertiary/aromatic N) is 3. The van der Waals surface area contributed by atoms with Crippen LogP contribution in [0.25, 0.3) is 0 Å². The summed E-state index contributed by atoms with van der Waals surface area (Å²) in [7, 11) is 0. The second kappa shape index (κ2) is 5.20. The lowest BCUT2D eigenvalue weighted by molar-refractivity contribution is -0.384. The van der Waals surface area contributed by atoms with Crippen LogP contribution in [0.2, 0.25) is 0 Å². The van der Waals surface area contributed by atoms with Crippen LogP contribution in [0.1, 0.15) is 32.6 Å². The van der Waals surface area contributed by atoms with E-state index in [0.29, 0.717) is 24.2 Å². The van der Waals surface area contributed by atoms with Gasteiger partial charge in [0.1, 0.15) is 5.82 Å². The maximum absolute atomic E-state index is 11.1. The summed E-state index contributed by atoms with van der Waals surface area (Å²) in [4.78, 5) is 16.9. The molecular weight excluding hydrogens is 232 g/mol. The fourth-order valence-electron chi connectivity index (χ4n) is 2.61. The van der Waals surface area contributed by atoms with Gasteiger partial charge in [-0.25, -0.2) is 4.98 Å². The van der Waals surface area contributed by atoms with Gasteiger partial charge in [0.15, 0.2) is 0 Å². The van der Waals surface area contributed by atoms with Crippen molar-refractivity contribution in [1.29, 1.82) is 0 Å². The fraction of sp³-hybridized carbons (Fsp3) is 0.583. The second-order valence-corrected chi connectivity index (χ2v) is 4.56. The van der Waals surface area contributed by atoms with E-state index >= 15 is 0 Å². The summed E-state index contributed by atoms with van der Waals surface area (Å²) in [6.45, 7) is 2.70. The van der Waals surface area contributed by atoms with Crippen molar-refractivity contribution in [1.82, 2.24) is 4.98 Å². The van der Waals surface area contributed by atoms with E-state index in [0.717, 1.165) is 12.8 Å². The van der Waals surface area contributed by atoms with Crippen molar-refractivity contribution >= 4 is 17.3 Å². The third-order valence-electron chi connectivity index (χ3n) is 3.45. The van der Waals surface area contributed by atoms with Crippen molar-refractivity contribution in [2.75, 3.05) is 17.2 Å². The topological polar surface area (TPSA) is 85.3 Å². The molecule has 2 rings (SSSR count). The minimum atomic E-state index is -0.389. The fourth-order valence-corrected chi connectivity index (χ4v) is 2.61. The molecule has 2 N–H and O–H groups in total. The van der Waals surface area contributed by atoms with E-state index in [9.17, 15) is 10.1 Å². The number of nitrogens with two attached hydrogens (primary N) is 1. The highest BCUT2D eigenvalue weighted by Crippen LogP contribution is 2.33. The molecule has 1 saturated carbocycles. The molecule has 1 aromatic rings. The molecule has 0 aliphatic heterocycles. The second-order valence-electron chi connectivity index (χ2n) is 4.56. The van der Waals surface area contributed by atoms with Crippen LogP contribution in [0, 0.1) is 10.1 Å². The molecule has 0 atom stereocenters. The van der Waals surface area contributed by atoms with E-state index < -0.39 is 0 Å². The average molecular weight is 250 g/mol.